The molecule has 0 spiro atoms. The van der Waals surface area contributed by atoms with Gasteiger partial charge in [0.15, 0.2) is 0 Å². The summed E-state index contributed by atoms with van der Waals surface area (Å²) < 4.78 is 5.32. The number of hydrogen-bond donors (Lipinski definition) is 2. The zero-order valence-corrected chi connectivity index (χ0v) is 13.7. The minimum atomic E-state index is -0.404. The Kier molecular flexibility index (Phi) is 5.77. The Hall–Kier alpha value is -2.33. The summed E-state index contributed by atoms with van der Waals surface area (Å²) in [6, 6.07) is 14.8. The van der Waals surface area contributed by atoms with Crippen LogP contribution in [0.1, 0.15) is 35.6 Å². The Bertz CT molecular complexity index is 655. The predicted molar refractivity (Wildman–Crippen MR) is 90.6 cm³/mol. The van der Waals surface area contributed by atoms with Crippen LogP contribution >= 0.6 is 0 Å². The van der Waals surface area contributed by atoms with Gasteiger partial charge in [0, 0.05) is 0 Å². The van der Waals surface area contributed by atoms with E-state index in [2.05, 4.69) is 5.32 Å². The number of carbonyl (C=O) groups excluding carboxylic acids is 1. The first-order chi connectivity index (χ1) is 11.1. The van der Waals surface area contributed by atoms with Crippen molar-refractivity contribution in [3.63, 3.8) is 0 Å². The van der Waals surface area contributed by atoms with Crippen LogP contribution in [0.15, 0.2) is 48.5 Å². The molecule has 2 rings (SSSR count). The third kappa shape index (κ3) is 4.11. The highest BCUT2D eigenvalue weighted by Gasteiger charge is 2.20. The van der Waals surface area contributed by atoms with Crippen LogP contribution in [0.5, 0.6) is 5.75 Å². The fraction of sp³-hybridized carbons (Fsp3) is 0.316. The topological polar surface area (TPSA) is 58.6 Å². The molecule has 0 aliphatic heterocycles. The predicted octanol–water partition coefficient (Wildman–Crippen LogP) is 2.96. The highest BCUT2D eigenvalue weighted by molar-refractivity contribution is 5.83. The van der Waals surface area contributed by atoms with Crippen LogP contribution in [0.3, 0.4) is 0 Å². The third-order valence-corrected chi connectivity index (χ3v) is 4.03. The number of aliphatic hydroxyl groups excluding tert-OH is 1. The molecule has 2 aromatic carbocycles. The lowest BCUT2D eigenvalue weighted by molar-refractivity contribution is -0.123. The molecule has 23 heavy (non-hydrogen) atoms. The van der Waals surface area contributed by atoms with Crippen LogP contribution in [0.25, 0.3) is 0 Å². The number of aliphatic hydroxyl groups is 1. The van der Waals surface area contributed by atoms with Crippen LogP contribution in [0.2, 0.25) is 0 Å². The first-order valence-corrected chi connectivity index (χ1v) is 7.67. The molecule has 0 unspecified atom stereocenters. The molecule has 0 aliphatic rings. The molecular formula is C19H23NO3. The molecule has 0 saturated carbocycles. The highest BCUT2D eigenvalue weighted by atomic mass is 16.5. The van der Waals surface area contributed by atoms with Gasteiger partial charge in [0.25, 0.3) is 0 Å². The second-order valence-electron chi connectivity index (χ2n) is 5.61. The van der Waals surface area contributed by atoms with Gasteiger partial charge in [0.1, 0.15) is 5.75 Å². The maximum Gasteiger partial charge on any atom is 0.227 e. The number of amides is 1. The van der Waals surface area contributed by atoms with Crippen LogP contribution in [0, 0.1) is 6.92 Å². The Balaban J connectivity index is 2.13. The van der Waals surface area contributed by atoms with E-state index in [-0.39, 0.29) is 18.4 Å². The number of nitrogens with one attached hydrogen (secondary N) is 1. The van der Waals surface area contributed by atoms with Gasteiger partial charge in [-0.3, -0.25) is 4.79 Å². The Morgan fingerprint density at radius 3 is 2.48 bits per heavy atom. The van der Waals surface area contributed by atoms with E-state index >= 15 is 0 Å². The summed E-state index contributed by atoms with van der Waals surface area (Å²) in [5, 5.41) is 12.5. The number of carbonyl (C=O) groups is 1. The van der Waals surface area contributed by atoms with E-state index < -0.39 is 6.04 Å². The SMILES string of the molecule is COc1cc([C@H](C)C(=O)N[C@@H](CO)c2ccccc2)ccc1C. The van der Waals surface area contributed by atoms with Crippen LogP contribution in [0.4, 0.5) is 0 Å². The van der Waals surface area contributed by atoms with Crippen molar-refractivity contribution in [3.8, 4) is 5.75 Å². The summed E-state index contributed by atoms with van der Waals surface area (Å²) in [4.78, 5) is 12.5. The molecule has 2 atom stereocenters. The summed E-state index contributed by atoms with van der Waals surface area (Å²) in [5.41, 5.74) is 2.80. The molecule has 0 saturated heterocycles. The molecular weight excluding hydrogens is 290 g/mol. The van der Waals surface area contributed by atoms with E-state index in [9.17, 15) is 9.90 Å². The molecule has 1 amide bonds. The lowest BCUT2D eigenvalue weighted by Crippen LogP contribution is -2.33. The van der Waals surface area contributed by atoms with Gasteiger partial charge in [-0.25, -0.2) is 0 Å². The average molecular weight is 313 g/mol. The van der Waals surface area contributed by atoms with Gasteiger partial charge in [-0.1, -0.05) is 42.5 Å². The number of benzene rings is 2. The standard InChI is InChI=1S/C19H23NO3/c1-13-9-10-16(11-18(13)23-3)14(2)19(22)20-17(12-21)15-7-5-4-6-8-15/h4-11,14,17,21H,12H2,1-3H3,(H,20,22)/t14-,17-/m0/s1. The van der Waals surface area contributed by atoms with Crippen LogP contribution in [-0.4, -0.2) is 24.7 Å². The number of hydrogen-bond acceptors (Lipinski definition) is 3. The molecule has 2 aromatic rings. The second-order valence-corrected chi connectivity index (χ2v) is 5.61. The van der Waals surface area contributed by atoms with Crippen molar-refractivity contribution in [2.75, 3.05) is 13.7 Å². The van der Waals surface area contributed by atoms with E-state index in [0.717, 1.165) is 22.4 Å². The minimum Gasteiger partial charge on any atom is -0.496 e. The van der Waals surface area contributed by atoms with E-state index in [1.165, 1.54) is 0 Å². The highest BCUT2D eigenvalue weighted by Crippen LogP contribution is 2.25. The van der Waals surface area contributed by atoms with Crippen LogP contribution in [-0.2, 0) is 4.79 Å². The molecule has 4 nitrogen and oxygen atoms in total. The lowest BCUT2D eigenvalue weighted by Gasteiger charge is -2.20. The summed E-state index contributed by atoms with van der Waals surface area (Å²) >= 11 is 0. The molecule has 0 heterocycles. The minimum absolute atomic E-state index is 0.126. The van der Waals surface area contributed by atoms with Gasteiger partial charge in [0.2, 0.25) is 5.91 Å². The van der Waals surface area contributed by atoms with Gasteiger partial charge in [-0.2, -0.15) is 0 Å². The normalized spacial score (nSPS) is 13.2. The van der Waals surface area contributed by atoms with Crippen molar-refractivity contribution >= 4 is 5.91 Å². The van der Waals surface area contributed by atoms with Crippen molar-refractivity contribution in [1.82, 2.24) is 5.32 Å². The van der Waals surface area contributed by atoms with E-state index in [0.29, 0.717) is 0 Å². The molecule has 0 fully saturated rings. The van der Waals surface area contributed by atoms with E-state index in [1.54, 1.807) is 7.11 Å². The van der Waals surface area contributed by atoms with Crippen molar-refractivity contribution < 1.29 is 14.6 Å². The zero-order valence-electron chi connectivity index (χ0n) is 13.7. The fourth-order valence-corrected chi connectivity index (χ4v) is 2.47. The van der Waals surface area contributed by atoms with E-state index in [4.69, 9.17) is 4.74 Å². The molecule has 0 radical (unpaired) electrons. The van der Waals surface area contributed by atoms with Crippen LogP contribution < -0.4 is 10.1 Å². The molecule has 122 valence electrons. The smallest absolute Gasteiger partial charge is 0.227 e. The average Bonchev–Trinajstić information content (AvgIpc) is 2.60. The maximum absolute atomic E-state index is 12.5. The van der Waals surface area contributed by atoms with Gasteiger partial charge < -0.3 is 15.2 Å². The van der Waals surface area contributed by atoms with Crippen molar-refractivity contribution in [2.24, 2.45) is 0 Å². The summed E-state index contributed by atoms with van der Waals surface area (Å²) in [6.45, 7) is 3.67. The summed E-state index contributed by atoms with van der Waals surface area (Å²) in [5.74, 6) is 0.310. The quantitative estimate of drug-likeness (QED) is 0.862. The third-order valence-electron chi connectivity index (χ3n) is 4.03. The lowest BCUT2D eigenvalue weighted by atomic mass is 9.97. The molecule has 0 aromatic heterocycles. The first-order valence-electron chi connectivity index (χ1n) is 7.67. The Morgan fingerprint density at radius 2 is 1.87 bits per heavy atom. The number of rotatable bonds is 6. The van der Waals surface area contributed by atoms with E-state index in [1.807, 2.05) is 62.4 Å². The summed E-state index contributed by atoms with van der Waals surface area (Å²) in [6.07, 6.45) is 0. The molecule has 4 heteroatoms. The Morgan fingerprint density at radius 1 is 1.17 bits per heavy atom. The monoisotopic (exact) mass is 313 g/mol. The van der Waals surface area contributed by atoms with Gasteiger partial charge in [-0.05, 0) is 36.6 Å². The molecule has 0 aliphatic carbocycles. The number of methoxy groups -OCH3 is 1. The number of ether oxygens (including phenoxy) is 1. The van der Waals surface area contributed by atoms with Crippen molar-refractivity contribution in [2.45, 2.75) is 25.8 Å². The maximum atomic E-state index is 12.5. The van der Waals surface area contributed by atoms with Crippen molar-refractivity contribution in [1.29, 1.82) is 0 Å². The number of aryl methyl sites for hydroxylation is 1. The molecule has 0 bridgehead atoms. The van der Waals surface area contributed by atoms with Gasteiger partial charge in [0.05, 0.1) is 25.7 Å². The van der Waals surface area contributed by atoms with Crippen molar-refractivity contribution in [3.05, 3.63) is 65.2 Å². The first kappa shape index (κ1) is 17.0. The summed E-state index contributed by atoms with van der Waals surface area (Å²) in [7, 11) is 1.62. The Labute approximate surface area is 137 Å². The van der Waals surface area contributed by atoms with Gasteiger partial charge >= 0.3 is 0 Å². The molecule has 2 N–H and O–H groups in total. The largest absolute Gasteiger partial charge is 0.496 e. The second kappa shape index (κ2) is 7.79. The van der Waals surface area contributed by atoms with Gasteiger partial charge in [-0.15, -0.1) is 0 Å². The zero-order chi connectivity index (χ0) is 16.8. The fourth-order valence-electron chi connectivity index (χ4n) is 2.47.